The molecule has 1 saturated heterocycles. The molecular formula is C15H19FN4OS. The van der Waals surface area contributed by atoms with E-state index in [4.69, 9.17) is 10.5 Å². The summed E-state index contributed by atoms with van der Waals surface area (Å²) in [5, 5.41) is 9.15. The molecule has 0 saturated carbocycles. The predicted molar refractivity (Wildman–Crippen MR) is 83.5 cm³/mol. The van der Waals surface area contributed by atoms with E-state index in [0.29, 0.717) is 18.3 Å². The summed E-state index contributed by atoms with van der Waals surface area (Å²) in [6.45, 7) is 2.03. The van der Waals surface area contributed by atoms with Crippen molar-refractivity contribution in [3.8, 4) is 5.69 Å². The minimum Gasteiger partial charge on any atom is -0.381 e. The van der Waals surface area contributed by atoms with Crippen LogP contribution in [0.4, 0.5) is 4.39 Å². The van der Waals surface area contributed by atoms with Crippen LogP contribution in [0.5, 0.6) is 0 Å². The lowest BCUT2D eigenvalue weighted by molar-refractivity contribution is 0.185. The van der Waals surface area contributed by atoms with Crippen molar-refractivity contribution in [2.45, 2.75) is 24.5 Å². The largest absolute Gasteiger partial charge is 0.381 e. The van der Waals surface area contributed by atoms with Crippen LogP contribution in [-0.2, 0) is 11.3 Å². The number of nitrogens with two attached hydrogens (primary N) is 1. The van der Waals surface area contributed by atoms with Gasteiger partial charge in [0.2, 0.25) is 0 Å². The van der Waals surface area contributed by atoms with E-state index in [1.807, 2.05) is 4.57 Å². The van der Waals surface area contributed by atoms with Crippen molar-refractivity contribution in [2.24, 2.45) is 11.7 Å². The van der Waals surface area contributed by atoms with Crippen molar-refractivity contribution in [3.63, 3.8) is 0 Å². The van der Waals surface area contributed by atoms with Crippen molar-refractivity contribution in [3.05, 3.63) is 35.9 Å². The summed E-state index contributed by atoms with van der Waals surface area (Å²) in [7, 11) is 0. The first-order valence-corrected chi connectivity index (χ1v) is 8.37. The van der Waals surface area contributed by atoms with E-state index in [-0.39, 0.29) is 5.82 Å². The number of hydrogen-bond acceptors (Lipinski definition) is 5. The molecule has 2 heterocycles. The molecule has 0 unspecified atom stereocenters. The summed E-state index contributed by atoms with van der Waals surface area (Å²) in [6.07, 6.45) is 2.23. The Kier molecular flexibility index (Phi) is 5.07. The number of nitrogens with zero attached hydrogens (tertiary/aromatic N) is 3. The van der Waals surface area contributed by atoms with Crippen LogP contribution in [0.25, 0.3) is 5.69 Å². The fraction of sp³-hybridized carbons (Fsp3) is 0.467. The van der Waals surface area contributed by atoms with Crippen molar-refractivity contribution >= 4 is 11.8 Å². The van der Waals surface area contributed by atoms with Crippen LogP contribution < -0.4 is 5.73 Å². The van der Waals surface area contributed by atoms with E-state index in [1.54, 1.807) is 23.9 Å². The minimum atomic E-state index is -0.262. The van der Waals surface area contributed by atoms with Crippen molar-refractivity contribution < 1.29 is 9.13 Å². The third kappa shape index (κ3) is 3.48. The molecule has 22 heavy (non-hydrogen) atoms. The van der Waals surface area contributed by atoms with Crippen LogP contribution in [0.15, 0.2) is 29.4 Å². The molecule has 3 rings (SSSR count). The number of hydrogen-bond donors (Lipinski definition) is 1. The standard InChI is InChI=1S/C15H19FN4OS/c16-12-1-3-13(4-2-12)20-14(9-17)18-19-15(20)22-8-6-11-5-7-21-10-11/h1-4,11H,5-10,17H2/t11-/m1/s1. The van der Waals surface area contributed by atoms with E-state index >= 15 is 0 Å². The van der Waals surface area contributed by atoms with Gasteiger partial charge in [-0.25, -0.2) is 4.39 Å². The number of ether oxygens (including phenoxy) is 1. The molecule has 0 aliphatic carbocycles. The van der Waals surface area contributed by atoms with Crippen molar-refractivity contribution in [2.75, 3.05) is 19.0 Å². The fourth-order valence-electron chi connectivity index (χ4n) is 2.50. The monoisotopic (exact) mass is 322 g/mol. The van der Waals surface area contributed by atoms with Gasteiger partial charge in [-0.1, -0.05) is 11.8 Å². The Morgan fingerprint density at radius 1 is 1.32 bits per heavy atom. The van der Waals surface area contributed by atoms with Gasteiger partial charge in [-0.05, 0) is 43.0 Å². The highest BCUT2D eigenvalue weighted by Gasteiger charge is 2.17. The third-order valence-electron chi connectivity index (χ3n) is 3.75. The third-order valence-corrected chi connectivity index (χ3v) is 4.71. The maximum atomic E-state index is 13.1. The fourth-order valence-corrected chi connectivity index (χ4v) is 3.58. The Labute approximate surface area is 133 Å². The smallest absolute Gasteiger partial charge is 0.195 e. The Morgan fingerprint density at radius 3 is 2.82 bits per heavy atom. The average Bonchev–Trinajstić information content (AvgIpc) is 3.18. The van der Waals surface area contributed by atoms with Gasteiger partial charge < -0.3 is 10.5 Å². The highest BCUT2D eigenvalue weighted by molar-refractivity contribution is 7.99. The van der Waals surface area contributed by atoms with Gasteiger partial charge in [0.1, 0.15) is 5.82 Å². The lowest BCUT2D eigenvalue weighted by atomic mass is 10.1. The molecule has 1 aliphatic heterocycles. The molecule has 1 atom stereocenters. The lowest BCUT2D eigenvalue weighted by Gasteiger charge is -2.10. The second kappa shape index (κ2) is 7.21. The molecule has 5 nitrogen and oxygen atoms in total. The molecule has 0 radical (unpaired) electrons. The van der Waals surface area contributed by atoms with Crippen LogP contribution in [0.2, 0.25) is 0 Å². The molecule has 1 aromatic carbocycles. The maximum Gasteiger partial charge on any atom is 0.195 e. The first-order chi connectivity index (χ1) is 10.8. The summed E-state index contributed by atoms with van der Waals surface area (Å²) >= 11 is 1.65. The first-order valence-electron chi connectivity index (χ1n) is 7.39. The number of aromatic nitrogens is 3. The van der Waals surface area contributed by atoms with Crippen molar-refractivity contribution in [1.82, 2.24) is 14.8 Å². The van der Waals surface area contributed by atoms with Gasteiger partial charge in [-0.15, -0.1) is 10.2 Å². The lowest BCUT2D eigenvalue weighted by Crippen LogP contribution is -2.08. The zero-order valence-corrected chi connectivity index (χ0v) is 13.1. The van der Waals surface area contributed by atoms with Gasteiger partial charge in [0.15, 0.2) is 11.0 Å². The molecule has 118 valence electrons. The van der Waals surface area contributed by atoms with Gasteiger partial charge in [0.25, 0.3) is 0 Å². The van der Waals surface area contributed by atoms with E-state index in [9.17, 15) is 4.39 Å². The molecule has 0 spiro atoms. The maximum absolute atomic E-state index is 13.1. The first kappa shape index (κ1) is 15.5. The van der Waals surface area contributed by atoms with Gasteiger partial charge >= 0.3 is 0 Å². The summed E-state index contributed by atoms with van der Waals surface area (Å²) in [6, 6.07) is 6.29. The Morgan fingerprint density at radius 2 is 2.14 bits per heavy atom. The zero-order valence-electron chi connectivity index (χ0n) is 12.2. The summed E-state index contributed by atoms with van der Waals surface area (Å²) in [4.78, 5) is 0. The minimum absolute atomic E-state index is 0.262. The highest BCUT2D eigenvalue weighted by atomic mass is 32.2. The second-order valence-electron chi connectivity index (χ2n) is 5.28. The Hall–Kier alpha value is -1.44. The molecule has 1 fully saturated rings. The van der Waals surface area contributed by atoms with E-state index in [1.165, 1.54) is 12.1 Å². The Bertz CT molecular complexity index is 611. The van der Waals surface area contributed by atoms with Crippen LogP contribution in [0.3, 0.4) is 0 Å². The normalized spacial score (nSPS) is 18.0. The summed E-state index contributed by atoms with van der Waals surface area (Å²) in [5.74, 6) is 2.02. The predicted octanol–water partition coefficient (Wildman–Crippen LogP) is 2.38. The molecule has 7 heteroatoms. The highest BCUT2D eigenvalue weighted by Crippen LogP contribution is 2.25. The van der Waals surface area contributed by atoms with Gasteiger partial charge in [-0.2, -0.15) is 0 Å². The Balaban J connectivity index is 1.73. The topological polar surface area (TPSA) is 66.0 Å². The quantitative estimate of drug-likeness (QED) is 0.827. The number of benzene rings is 1. The van der Waals surface area contributed by atoms with Crippen LogP contribution in [-0.4, -0.2) is 33.7 Å². The average molecular weight is 322 g/mol. The SMILES string of the molecule is NCc1nnc(SCC[C@H]2CCOC2)n1-c1ccc(F)cc1. The number of thioether (sulfide) groups is 1. The zero-order chi connectivity index (χ0) is 15.4. The number of halogens is 1. The molecule has 1 aromatic heterocycles. The van der Waals surface area contributed by atoms with Gasteiger partial charge in [0.05, 0.1) is 6.54 Å². The van der Waals surface area contributed by atoms with Crippen LogP contribution in [0.1, 0.15) is 18.7 Å². The molecule has 1 aliphatic rings. The van der Waals surface area contributed by atoms with E-state index < -0.39 is 0 Å². The molecule has 2 aromatic rings. The second-order valence-corrected chi connectivity index (χ2v) is 6.34. The van der Waals surface area contributed by atoms with Gasteiger partial charge in [-0.3, -0.25) is 4.57 Å². The molecular weight excluding hydrogens is 303 g/mol. The van der Waals surface area contributed by atoms with E-state index in [0.717, 1.165) is 42.7 Å². The van der Waals surface area contributed by atoms with Crippen LogP contribution in [0, 0.1) is 11.7 Å². The van der Waals surface area contributed by atoms with Crippen molar-refractivity contribution in [1.29, 1.82) is 0 Å². The molecule has 0 bridgehead atoms. The van der Waals surface area contributed by atoms with Gasteiger partial charge in [0, 0.05) is 24.7 Å². The molecule has 2 N–H and O–H groups in total. The molecule has 0 amide bonds. The van der Waals surface area contributed by atoms with Crippen LogP contribution >= 0.6 is 11.8 Å². The summed E-state index contributed by atoms with van der Waals surface area (Å²) in [5.41, 5.74) is 6.57. The summed E-state index contributed by atoms with van der Waals surface area (Å²) < 4.78 is 20.4. The number of rotatable bonds is 6. The van der Waals surface area contributed by atoms with E-state index in [2.05, 4.69) is 10.2 Å².